The normalized spacial score (nSPS) is 22.5. The van der Waals surface area contributed by atoms with Crippen LogP contribution in [0, 0.1) is 18.3 Å². The monoisotopic (exact) mass is 180 g/mol. The lowest BCUT2D eigenvalue weighted by molar-refractivity contribution is 0.159. The van der Waals surface area contributed by atoms with Gasteiger partial charge in [0.25, 0.3) is 0 Å². The predicted octanol–water partition coefficient (Wildman–Crippen LogP) is 1.07. The molecule has 0 radical (unpaired) electrons. The number of nitrogens with two attached hydrogens (primary N) is 1. The minimum Gasteiger partial charge on any atom is -0.330 e. The summed E-state index contributed by atoms with van der Waals surface area (Å²) in [6, 6.07) is 0.346. The zero-order chi connectivity index (χ0) is 9.68. The summed E-state index contributed by atoms with van der Waals surface area (Å²) in [6.45, 7) is 5.25. The summed E-state index contributed by atoms with van der Waals surface area (Å²) in [6.07, 6.45) is 8.96. The largest absolute Gasteiger partial charge is 0.330 e. The number of piperidine rings is 1. The topological polar surface area (TPSA) is 29.3 Å². The number of nitrogens with zero attached hydrogens (tertiary/aromatic N) is 1. The van der Waals surface area contributed by atoms with Gasteiger partial charge in [-0.2, -0.15) is 0 Å². The van der Waals surface area contributed by atoms with E-state index in [1.165, 1.54) is 12.8 Å². The number of hydrogen-bond donors (Lipinski definition) is 1. The third-order valence-electron chi connectivity index (χ3n) is 3.00. The van der Waals surface area contributed by atoms with Crippen LogP contribution in [0.1, 0.15) is 26.2 Å². The summed E-state index contributed by atoms with van der Waals surface area (Å²) < 4.78 is 0. The highest BCUT2D eigenvalue weighted by atomic mass is 15.2. The maximum absolute atomic E-state index is 5.63. The Balaban J connectivity index is 2.36. The molecule has 0 aromatic carbocycles. The molecule has 1 aliphatic rings. The molecule has 1 atom stereocenters. The molecule has 0 amide bonds. The van der Waals surface area contributed by atoms with Crippen molar-refractivity contribution in [2.24, 2.45) is 11.7 Å². The van der Waals surface area contributed by atoms with Gasteiger partial charge in [0.2, 0.25) is 0 Å². The second-order valence-electron chi connectivity index (χ2n) is 3.81. The SMILES string of the molecule is C#CC(CC)N1CCC(CN)CC1. The number of terminal acetylenes is 1. The van der Waals surface area contributed by atoms with Crippen molar-refractivity contribution in [1.29, 1.82) is 0 Å². The number of hydrogen-bond acceptors (Lipinski definition) is 2. The molecule has 0 aliphatic carbocycles. The van der Waals surface area contributed by atoms with Gasteiger partial charge in [0.05, 0.1) is 6.04 Å². The van der Waals surface area contributed by atoms with Gasteiger partial charge in [0, 0.05) is 0 Å². The van der Waals surface area contributed by atoms with Crippen LogP contribution in [0.3, 0.4) is 0 Å². The average Bonchev–Trinajstić information content (AvgIpc) is 2.21. The maximum atomic E-state index is 5.63. The third-order valence-corrected chi connectivity index (χ3v) is 3.00. The molecule has 0 bridgehead atoms. The van der Waals surface area contributed by atoms with Gasteiger partial charge in [0.1, 0.15) is 0 Å². The van der Waals surface area contributed by atoms with Gasteiger partial charge in [-0.1, -0.05) is 12.8 Å². The van der Waals surface area contributed by atoms with Gasteiger partial charge in [0.15, 0.2) is 0 Å². The highest BCUT2D eigenvalue weighted by Crippen LogP contribution is 2.18. The fourth-order valence-electron chi connectivity index (χ4n) is 1.98. The molecule has 1 unspecified atom stereocenters. The summed E-state index contributed by atoms with van der Waals surface area (Å²) in [4.78, 5) is 2.41. The second kappa shape index (κ2) is 5.26. The Bertz CT molecular complexity index is 175. The molecule has 0 spiro atoms. The Labute approximate surface area is 81.5 Å². The van der Waals surface area contributed by atoms with Crippen LogP contribution in [-0.4, -0.2) is 30.6 Å². The van der Waals surface area contributed by atoms with Crippen molar-refractivity contribution in [2.45, 2.75) is 32.2 Å². The van der Waals surface area contributed by atoms with E-state index in [4.69, 9.17) is 12.2 Å². The first-order valence-corrected chi connectivity index (χ1v) is 5.22. The van der Waals surface area contributed by atoms with Crippen LogP contribution < -0.4 is 5.73 Å². The van der Waals surface area contributed by atoms with E-state index in [1.54, 1.807) is 0 Å². The molecule has 0 saturated carbocycles. The van der Waals surface area contributed by atoms with E-state index in [0.717, 1.165) is 32.0 Å². The Kier molecular flexibility index (Phi) is 4.27. The maximum Gasteiger partial charge on any atom is 0.0709 e. The Morgan fingerprint density at radius 1 is 1.54 bits per heavy atom. The standard InChI is InChI=1S/C11H20N2/c1-3-11(4-2)13-7-5-10(9-12)6-8-13/h1,10-11H,4-9,12H2,2H3. The summed E-state index contributed by atoms with van der Waals surface area (Å²) in [5.74, 6) is 3.58. The Hall–Kier alpha value is -0.520. The van der Waals surface area contributed by atoms with Crippen LogP contribution in [-0.2, 0) is 0 Å². The molecule has 0 aromatic heterocycles. The first-order chi connectivity index (χ1) is 6.31. The third kappa shape index (κ3) is 2.72. The predicted molar refractivity (Wildman–Crippen MR) is 56.3 cm³/mol. The van der Waals surface area contributed by atoms with E-state index in [9.17, 15) is 0 Å². The minimum atomic E-state index is 0.346. The fraction of sp³-hybridized carbons (Fsp3) is 0.818. The molecule has 1 fully saturated rings. The van der Waals surface area contributed by atoms with Crippen LogP contribution in [0.15, 0.2) is 0 Å². The summed E-state index contributed by atoms with van der Waals surface area (Å²) in [7, 11) is 0. The molecule has 13 heavy (non-hydrogen) atoms. The fourth-order valence-corrected chi connectivity index (χ4v) is 1.98. The van der Waals surface area contributed by atoms with E-state index in [-0.39, 0.29) is 0 Å². The lowest BCUT2D eigenvalue weighted by Gasteiger charge is -2.34. The highest BCUT2D eigenvalue weighted by molar-refractivity contribution is 5.00. The van der Waals surface area contributed by atoms with Crippen LogP contribution >= 0.6 is 0 Å². The van der Waals surface area contributed by atoms with Crippen molar-refractivity contribution in [3.63, 3.8) is 0 Å². The molecule has 1 saturated heterocycles. The van der Waals surface area contributed by atoms with Crippen molar-refractivity contribution < 1.29 is 0 Å². The molecule has 2 heteroatoms. The zero-order valence-corrected chi connectivity index (χ0v) is 8.50. The number of rotatable bonds is 3. The van der Waals surface area contributed by atoms with Gasteiger partial charge < -0.3 is 5.73 Å². The van der Waals surface area contributed by atoms with Gasteiger partial charge in [-0.3, -0.25) is 4.90 Å². The lowest BCUT2D eigenvalue weighted by Crippen LogP contribution is -2.41. The molecule has 74 valence electrons. The molecule has 1 heterocycles. The summed E-state index contributed by atoms with van der Waals surface area (Å²) >= 11 is 0. The summed E-state index contributed by atoms with van der Waals surface area (Å²) in [5, 5.41) is 0. The molecular weight excluding hydrogens is 160 g/mol. The lowest BCUT2D eigenvalue weighted by atomic mass is 9.96. The van der Waals surface area contributed by atoms with Crippen LogP contribution in [0.4, 0.5) is 0 Å². The van der Waals surface area contributed by atoms with E-state index < -0.39 is 0 Å². The van der Waals surface area contributed by atoms with Crippen LogP contribution in [0.25, 0.3) is 0 Å². The molecule has 2 N–H and O–H groups in total. The van der Waals surface area contributed by atoms with Crippen molar-refractivity contribution in [3.8, 4) is 12.3 Å². The average molecular weight is 180 g/mol. The summed E-state index contributed by atoms with van der Waals surface area (Å²) in [5.41, 5.74) is 5.63. The van der Waals surface area contributed by atoms with Crippen molar-refractivity contribution in [2.75, 3.05) is 19.6 Å². The quantitative estimate of drug-likeness (QED) is 0.658. The Morgan fingerprint density at radius 3 is 2.54 bits per heavy atom. The van der Waals surface area contributed by atoms with Crippen LogP contribution in [0.5, 0.6) is 0 Å². The van der Waals surface area contributed by atoms with Crippen molar-refractivity contribution >= 4 is 0 Å². The van der Waals surface area contributed by atoms with Gasteiger partial charge >= 0.3 is 0 Å². The van der Waals surface area contributed by atoms with Crippen molar-refractivity contribution in [3.05, 3.63) is 0 Å². The number of likely N-dealkylation sites (tertiary alicyclic amines) is 1. The molecule has 1 aliphatic heterocycles. The molecule has 1 rings (SSSR count). The van der Waals surface area contributed by atoms with E-state index in [0.29, 0.717) is 6.04 Å². The van der Waals surface area contributed by atoms with E-state index >= 15 is 0 Å². The van der Waals surface area contributed by atoms with Gasteiger partial charge in [-0.15, -0.1) is 6.42 Å². The second-order valence-corrected chi connectivity index (χ2v) is 3.81. The Morgan fingerprint density at radius 2 is 2.15 bits per heavy atom. The first-order valence-electron chi connectivity index (χ1n) is 5.22. The van der Waals surface area contributed by atoms with E-state index in [1.807, 2.05) is 0 Å². The van der Waals surface area contributed by atoms with Gasteiger partial charge in [-0.25, -0.2) is 0 Å². The molecular formula is C11H20N2. The van der Waals surface area contributed by atoms with Crippen molar-refractivity contribution in [1.82, 2.24) is 4.90 Å². The molecule has 2 nitrogen and oxygen atoms in total. The van der Waals surface area contributed by atoms with Crippen LogP contribution in [0.2, 0.25) is 0 Å². The smallest absolute Gasteiger partial charge is 0.0709 e. The first kappa shape index (κ1) is 10.6. The van der Waals surface area contributed by atoms with Gasteiger partial charge in [-0.05, 0) is 44.8 Å². The molecule has 0 aromatic rings. The highest BCUT2D eigenvalue weighted by Gasteiger charge is 2.21. The minimum absolute atomic E-state index is 0.346. The van der Waals surface area contributed by atoms with E-state index in [2.05, 4.69) is 17.7 Å². The zero-order valence-electron chi connectivity index (χ0n) is 8.50.